The molecule has 1 aromatic heterocycles. The summed E-state index contributed by atoms with van der Waals surface area (Å²) in [4.78, 5) is 0. The van der Waals surface area contributed by atoms with Gasteiger partial charge in [0.05, 0.1) is 5.39 Å². The van der Waals surface area contributed by atoms with E-state index in [1.807, 2.05) is 30.3 Å². The van der Waals surface area contributed by atoms with E-state index in [1.165, 1.54) is 10.9 Å². The Balaban J connectivity index is 0.000000289. The number of fused-ring (bicyclic) bond motifs is 1. The normalized spacial score (nSPS) is 11.6. The molecule has 0 aliphatic carbocycles. The zero-order chi connectivity index (χ0) is 48.3. The number of hydrogen-bond donors (Lipinski definition) is 0. The molecule has 65 heavy (non-hydrogen) atoms. The van der Waals surface area contributed by atoms with Crippen LogP contribution in [0.25, 0.3) is 15.8 Å². The molecule has 0 spiro atoms. The van der Waals surface area contributed by atoms with Crippen LogP contribution < -0.4 is 26.4 Å². The highest BCUT2D eigenvalue weighted by Gasteiger charge is 2.52. The predicted octanol–water partition coefficient (Wildman–Crippen LogP) is 10.2. The second kappa shape index (κ2) is 17.8. The number of halogens is 21. The summed E-state index contributed by atoms with van der Waals surface area (Å²) in [6.07, 6.45) is -5.15. The van der Waals surface area contributed by atoms with E-state index in [4.69, 9.17) is 11.6 Å². The number of hydrogen-bond acceptors (Lipinski definition) is 0. The number of rotatable bonds is 7. The Labute approximate surface area is 355 Å². The fourth-order valence-electron chi connectivity index (χ4n) is 7.35. The standard InChI is InChI=1S/C24BF20.C18H15ClN/c26-5-1(6(27)14(35)21(42)13(5)34)25(2-7(28)15(36)22(43)16(37)8(2)29,3-9(30)17(38)23(44)18(39)10(3)31)4-11(32)19(40)24(45)20(41)12(4)33;1-14(19)18-17-10-6-5-9-16(17)11-12-20(18)13-15-7-3-2-4-8-15/h;2-12H,1,13H2/q-1;+1. The van der Waals surface area contributed by atoms with Crippen LogP contribution in [0.5, 0.6) is 0 Å². The molecule has 0 unspecified atom stereocenters. The average molecular weight is 960 g/mol. The predicted molar refractivity (Wildman–Crippen MR) is 194 cm³/mol. The van der Waals surface area contributed by atoms with Gasteiger partial charge in [-0.1, -0.05) is 66.7 Å². The third-order valence-electron chi connectivity index (χ3n) is 10.1. The smallest absolute Gasteiger partial charge is 0.207 e. The summed E-state index contributed by atoms with van der Waals surface area (Å²) >= 11 is 6.24. The van der Waals surface area contributed by atoms with Crippen molar-refractivity contribution in [3.8, 4) is 0 Å². The summed E-state index contributed by atoms with van der Waals surface area (Å²) in [5.74, 6) is -71.4. The van der Waals surface area contributed by atoms with Crippen LogP contribution in [0.1, 0.15) is 11.3 Å². The Bertz CT molecular complexity index is 2730. The minimum Gasteiger partial charge on any atom is -0.207 e. The number of pyridine rings is 1. The van der Waals surface area contributed by atoms with Crippen molar-refractivity contribution in [1.82, 2.24) is 0 Å². The van der Waals surface area contributed by atoms with Crippen molar-refractivity contribution >= 4 is 55.4 Å². The molecule has 338 valence electrons. The number of nitrogens with zero attached hydrogens (tertiary/aromatic N) is 1. The second-order valence-corrected chi connectivity index (χ2v) is 14.0. The van der Waals surface area contributed by atoms with Crippen molar-refractivity contribution in [2.24, 2.45) is 0 Å². The largest absolute Gasteiger partial charge is 0.231 e. The molecule has 0 N–H and O–H groups in total. The van der Waals surface area contributed by atoms with Crippen LogP contribution in [0, 0.1) is 116 Å². The van der Waals surface area contributed by atoms with Gasteiger partial charge in [0.1, 0.15) is 57.7 Å². The zero-order valence-corrected chi connectivity index (χ0v) is 32.0. The summed E-state index contributed by atoms with van der Waals surface area (Å²) in [6.45, 7) is 4.71. The van der Waals surface area contributed by atoms with E-state index in [9.17, 15) is 52.7 Å². The molecule has 0 aliphatic rings. The van der Waals surface area contributed by atoms with Gasteiger partial charge in [-0.05, 0) is 11.5 Å². The highest BCUT2D eigenvalue weighted by atomic mass is 35.5. The Kier molecular flexibility index (Phi) is 13.1. The second-order valence-electron chi connectivity index (χ2n) is 13.6. The van der Waals surface area contributed by atoms with E-state index in [2.05, 4.69) is 47.7 Å². The molecule has 7 rings (SSSR count). The highest BCUT2D eigenvalue weighted by Crippen LogP contribution is 2.31. The first-order chi connectivity index (χ1) is 30.5. The van der Waals surface area contributed by atoms with Crippen LogP contribution in [0.4, 0.5) is 87.8 Å². The van der Waals surface area contributed by atoms with Crippen molar-refractivity contribution in [2.45, 2.75) is 6.54 Å². The Morgan fingerprint density at radius 1 is 0.385 bits per heavy atom. The van der Waals surface area contributed by atoms with Crippen molar-refractivity contribution in [2.75, 3.05) is 0 Å². The Morgan fingerprint density at radius 3 is 0.969 bits per heavy atom. The maximum Gasteiger partial charge on any atom is 0.231 e. The van der Waals surface area contributed by atoms with Gasteiger partial charge in [-0.15, -0.1) is 21.9 Å². The van der Waals surface area contributed by atoms with Crippen molar-refractivity contribution in [3.63, 3.8) is 0 Å². The van der Waals surface area contributed by atoms with Gasteiger partial charge in [-0.3, -0.25) is 0 Å². The minimum atomic E-state index is -7.22. The lowest BCUT2D eigenvalue weighted by Gasteiger charge is -2.44. The first-order valence-electron chi connectivity index (χ1n) is 17.5. The van der Waals surface area contributed by atoms with Gasteiger partial charge in [0.25, 0.3) is 0 Å². The first kappa shape index (κ1) is 47.9. The van der Waals surface area contributed by atoms with E-state index in [-0.39, 0.29) is 0 Å². The quantitative estimate of drug-likeness (QED) is 0.0493. The van der Waals surface area contributed by atoms with E-state index in [0.29, 0.717) is 5.03 Å². The van der Waals surface area contributed by atoms with Gasteiger partial charge in [-0.25, -0.2) is 87.8 Å². The molecule has 0 saturated carbocycles. The molecule has 0 saturated heterocycles. The molecule has 0 fully saturated rings. The molecule has 7 aromatic rings. The van der Waals surface area contributed by atoms with E-state index >= 15 is 35.1 Å². The molecule has 0 amide bonds. The average Bonchev–Trinajstić information content (AvgIpc) is 3.29. The lowest BCUT2D eigenvalue weighted by atomic mass is 9.12. The monoisotopic (exact) mass is 959 g/mol. The molecule has 0 atom stereocenters. The van der Waals surface area contributed by atoms with Gasteiger partial charge in [0, 0.05) is 11.6 Å². The number of aromatic nitrogens is 1. The van der Waals surface area contributed by atoms with Crippen LogP contribution in [-0.4, -0.2) is 6.15 Å². The molecule has 0 bridgehead atoms. The third-order valence-corrected chi connectivity index (χ3v) is 10.3. The van der Waals surface area contributed by atoms with Crippen molar-refractivity contribution in [1.29, 1.82) is 0 Å². The topological polar surface area (TPSA) is 3.88 Å². The summed E-state index contributed by atoms with van der Waals surface area (Å²) in [7, 11) is 0. The molecule has 23 heteroatoms. The maximum absolute atomic E-state index is 15.4. The van der Waals surface area contributed by atoms with Crippen LogP contribution >= 0.6 is 11.6 Å². The molecule has 6 aromatic carbocycles. The van der Waals surface area contributed by atoms with Gasteiger partial charge >= 0.3 is 0 Å². The Hall–Kier alpha value is -6.58. The summed E-state index contributed by atoms with van der Waals surface area (Å²) < 4.78 is 296. The molecule has 0 radical (unpaired) electrons. The van der Waals surface area contributed by atoms with Gasteiger partial charge in [0.2, 0.25) is 5.69 Å². The zero-order valence-electron chi connectivity index (χ0n) is 31.2. The van der Waals surface area contributed by atoms with Gasteiger partial charge in [0.15, 0.2) is 82.5 Å². The van der Waals surface area contributed by atoms with Crippen LogP contribution in [-0.2, 0) is 6.54 Å². The third kappa shape index (κ3) is 7.49. The van der Waals surface area contributed by atoms with Gasteiger partial charge < -0.3 is 0 Å². The summed E-state index contributed by atoms with van der Waals surface area (Å²) in [5.41, 5.74) is -12.1. The fourth-order valence-corrected chi connectivity index (χ4v) is 7.56. The van der Waals surface area contributed by atoms with Crippen LogP contribution in [0.2, 0.25) is 0 Å². The molecule has 1 nitrogen and oxygen atoms in total. The fraction of sp³-hybridized carbons (Fsp3) is 0.0238. The SMILES string of the molecule is C=C(Cl)c1c2ccccc2cc[n+]1Cc1ccccc1.Fc1c(F)c(F)c([B-](c2c(F)c(F)c(F)c(F)c2F)(c2c(F)c(F)c(F)c(F)c2F)c2c(F)c(F)c(F)c(F)c2F)c(F)c1F. The molecule has 0 aliphatic heterocycles. The van der Waals surface area contributed by atoms with E-state index in [0.717, 1.165) is 17.6 Å². The van der Waals surface area contributed by atoms with E-state index in [1.54, 1.807) is 0 Å². The maximum atomic E-state index is 15.4. The van der Waals surface area contributed by atoms with Crippen molar-refractivity contribution in [3.05, 3.63) is 201 Å². The Morgan fingerprint density at radius 2 is 0.662 bits per heavy atom. The minimum absolute atomic E-state index is 0.567. The highest BCUT2D eigenvalue weighted by molar-refractivity contribution is 7.20. The van der Waals surface area contributed by atoms with Crippen molar-refractivity contribution < 1.29 is 92.4 Å². The first-order valence-corrected chi connectivity index (χ1v) is 17.9. The van der Waals surface area contributed by atoms with Crippen LogP contribution in [0.15, 0.2) is 73.4 Å². The lowest BCUT2D eigenvalue weighted by Crippen LogP contribution is -2.81. The summed E-state index contributed by atoms with van der Waals surface area (Å²) in [5, 5.41) is 2.87. The van der Waals surface area contributed by atoms with Crippen LogP contribution in [0.3, 0.4) is 0 Å². The lowest BCUT2D eigenvalue weighted by molar-refractivity contribution is -0.688. The van der Waals surface area contributed by atoms with E-state index < -0.39 is 144 Å². The molecular weight excluding hydrogens is 945 g/mol. The number of benzene rings is 6. The van der Waals surface area contributed by atoms with Gasteiger partial charge in [-0.2, -0.15) is 4.57 Å². The summed E-state index contributed by atoms with van der Waals surface area (Å²) in [6, 6.07) is 20.7. The molecular formula is C42H15BClF20N. The molecule has 1 heterocycles.